The molecule has 5 nitrogen and oxygen atoms in total. The van der Waals surface area contributed by atoms with Gasteiger partial charge in [0.15, 0.2) is 0 Å². The van der Waals surface area contributed by atoms with E-state index in [4.69, 9.17) is 21.7 Å². The Labute approximate surface area is 91.1 Å². The Hall–Kier alpha value is -1.29. The molecule has 0 fully saturated rings. The maximum atomic E-state index is 11.0. The van der Waals surface area contributed by atoms with Crippen LogP contribution in [0, 0.1) is 11.3 Å². The minimum absolute atomic E-state index is 0.0687. The van der Waals surface area contributed by atoms with Gasteiger partial charge in [-0.05, 0) is 12.1 Å². The molecule has 1 aromatic carbocycles. The molecule has 80 valence electrons. The van der Waals surface area contributed by atoms with Crippen molar-refractivity contribution in [2.75, 3.05) is 0 Å². The molecule has 7 heteroatoms. The van der Waals surface area contributed by atoms with Crippen LogP contribution in [0.3, 0.4) is 0 Å². The minimum atomic E-state index is -4.03. The third-order valence-corrected chi connectivity index (χ3v) is 3.19. The highest BCUT2D eigenvalue weighted by atomic mass is 35.7. The van der Waals surface area contributed by atoms with E-state index in [-0.39, 0.29) is 17.7 Å². The highest BCUT2D eigenvalue weighted by molar-refractivity contribution is 8.13. The summed E-state index contributed by atoms with van der Waals surface area (Å²) in [5, 5.41) is 18.2. The smallest absolute Gasteiger partial charge is 0.264 e. The first-order valence-electron chi connectivity index (χ1n) is 3.81. The Bertz CT molecular complexity index is 534. The van der Waals surface area contributed by atoms with Crippen LogP contribution < -0.4 is 5.73 Å². The summed E-state index contributed by atoms with van der Waals surface area (Å²) in [5.41, 5.74) is 5.48. The molecule has 0 aromatic heterocycles. The van der Waals surface area contributed by atoms with E-state index in [0.29, 0.717) is 0 Å². The summed E-state index contributed by atoms with van der Waals surface area (Å²) in [6.07, 6.45) is 0. The summed E-state index contributed by atoms with van der Waals surface area (Å²) in [6.45, 7) is -0.144. The molecule has 3 N–H and O–H groups in total. The predicted octanol–water partition coefficient (Wildman–Crippen LogP) is 0.650. The number of phenols is 1. The summed E-state index contributed by atoms with van der Waals surface area (Å²) in [6, 6.07) is 4.10. The van der Waals surface area contributed by atoms with E-state index in [2.05, 4.69) is 0 Å². The second-order valence-electron chi connectivity index (χ2n) is 2.69. The van der Waals surface area contributed by atoms with E-state index in [1.807, 2.05) is 0 Å². The number of rotatable bonds is 2. The molecule has 1 rings (SSSR count). The first-order chi connectivity index (χ1) is 6.91. The zero-order valence-corrected chi connectivity index (χ0v) is 9.01. The van der Waals surface area contributed by atoms with Crippen LogP contribution in [0.5, 0.6) is 5.75 Å². The number of nitriles is 1. The van der Waals surface area contributed by atoms with Gasteiger partial charge in [-0.15, -0.1) is 0 Å². The third-order valence-electron chi connectivity index (χ3n) is 1.83. The van der Waals surface area contributed by atoms with Crippen LogP contribution >= 0.6 is 10.7 Å². The van der Waals surface area contributed by atoms with E-state index >= 15 is 0 Å². The van der Waals surface area contributed by atoms with Gasteiger partial charge in [0.25, 0.3) is 9.05 Å². The molecule has 0 atom stereocenters. The largest absolute Gasteiger partial charge is 0.506 e. The molecule has 0 aliphatic heterocycles. The fourth-order valence-electron chi connectivity index (χ4n) is 1.12. The number of benzene rings is 1. The Morgan fingerprint density at radius 3 is 2.53 bits per heavy atom. The van der Waals surface area contributed by atoms with E-state index < -0.39 is 19.7 Å². The van der Waals surface area contributed by atoms with E-state index in [9.17, 15) is 13.5 Å². The standard InChI is InChI=1S/C8H7ClN2O3S/c9-15(13,14)7-2-1-5(3-10)6(4-11)8(7)12/h1-2,12H,4,11H2. The number of phenolic OH excluding ortho intramolecular Hbond substituents is 1. The van der Waals surface area contributed by atoms with Crippen LogP contribution in [0.4, 0.5) is 0 Å². The van der Waals surface area contributed by atoms with Gasteiger partial charge in [-0.25, -0.2) is 8.42 Å². The number of nitrogens with two attached hydrogens (primary N) is 1. The number of halogens is 1. The van der Waals surface area contributed by atoms with E-state index in [1.54, 1.807) is 6.07 Å². The third kappa shape index (κ3) is 2.21. The van der Waals surface area contributed by atoms with Crippen LogP contribution in [0.25, 0.3) is 0 Å². The molecule has 0 radical (unpaired) electrons. The van der Waals surface area contributed by atoms with Crippen molar-refractivity contribution in [1.82, 2.24) is 0 Å². The van der Waals surface area contributed by atoms with Crippen LogP contribution in [0.2, 0.25) is 0 Å². The van der Waals surface area contributed by atoms with Crippen LogP contribution in [-0.2, 0) is 15.6 Å². The van der Waals surface area contributed by atoms with E-state index in [0.717, 1.165) is 6.07 Å². The lowest BCUT2D eigenvalue weighted by molar-refractivity contribution is 0.452. The average Bonchev–Trinajstić information content (AvgIpc) is 2.15. The molecule has 0 aliphatic carbocycles. The van der Waals surface area contributed by atoms with E-state index in [1.165, 1.54) is 6.07 Å². The topological polar surface area (TPSA) is 104 Å². The zero-order valence-electron chi connectivity index (χ0n) is 7.44. The van der Waals surface area contributed by atoms with Gasteiger partial charge in [-0.1, -0.05) is 0 Å². The van der Waals surface area contributed by atoms with Crippen molar-refractivity contribution < 1.29 is 13.5 Å². The Morgan fingerprint density at radius 2 is 2.13 bits per heavy atom. The molecule has 15 heavy (non-hydrogen) atoms. The van der Waals surface area contributed by atoms with Gasteiger partial charge in [0, 0.05) is 22.8 Å². The molecule has 0 spiro atoms. The summed E-state index contributed by atoms with van der Waals surface area (Å²) >= 11 is 0. The van der Waals surface area contributed by atoms with Crippen molar-refractivity contribution in [3.63, 3.8) is 0 Å². The van der Waals surface area contributed by atoms with Crippen molar-refractivity contribution >= 4 is 19.7 Å². The molecular formula is C8H7ClN2O3S. The molecule has 0 saturated heterocycles. The number of hydrogen-bond donors (Lipinski definition) is 2. The fraction of sp³-hybridized carbons (Fsp3) is 0.125. The maximum absolute atomic E-state index is 11.0. The second kappa shape index (κ2) is 4.06. The van der Waals surface area contributed by atoms with Crippen LogP contribution in [-0.4, -0.2) is 13.5 Å². The highest BCUT2D eigenvalue weighted by Crippen LogP contribution is 2.31. The second-order valence-corrected chi connectivity index (χ2v) is 5.23. The highest BCUT2D eigenvalue weighted by Gasteiger charge is 2.19. The first kappa shape index (κ1) is 11.8. The van der Waals surface area contributed by atoms with Gasteiger partial charge < -0.3 is 10.8 Å². The van der Waals surface area contributed by atoms with Crippen LogP contribution in [0.15, 0.2) is 17.0 Å². The number of nitrogens with zero attached hydrogens (tertiary/aromatic N) is 1. The van der Waals surface area contributed by atoms with Crippen molar-refractivity contribution in [2.24, 2.45) is 5.73 Å². The fourth-order valence-corrected chi connectivity index (χ4v) is 2.08. The average molecular weight is 247 g/mol. The zero-order chi connectivity index (χ0) is 11.6. The summed E-state index contributed by atoms with van der Waals surface area (Å²) in [7, 11) is 1.04. The van der Waals surface area contributed by atoms with Crippen molar-refractivity contribution in [3.8, 4) is 11.8 Å². The number of aromatic hydroxyl groups is 1. The minimum Gasteiger partial charge on any atom is -0.506 e. The lowest BCUT2D eigenvalue weighted by Crippen LogP contribution is -2.03. The van der Waals surface area contributed by atoms with Gasteiger partial charge >= 0.3 is 0 Å². The van der Waals surface area contributed by atoms with Crippen molar-refractivity contribution in [1.29, 1.82) is 5.26 Å². The van der Waals surface area contributed by atoms with Gasteiger partial charge in [0.2, 0.25) is 0 Å². The van der Waals surface area contributed by atoms with Crippen molar-refractivity contribution in [3.05, 3.63) is 23.3 Å². The summed E-state index contributed by atoms with van der Waals surface area (Å²) < 4.78 is 22.0. The number of hydrogen-bond acceptors (Lipinski definition) is 5. The van der Waals surface area contributed by atoms with Crippen LogP contribution in [0.1, 0.15) is 11.1 Å². The first-order valence-corrected chi connectivity index (χ1v) is 6.12. The Morgan fingerprint density at radius 1 is 1.53 bits per heavy atom. The SMILES string of the molecule is N#Cc1ccc(S(=O)(=O)Cl)c(O)c1CN. The summed E-state index contributed by atoms with van der Waals surface area (Å²) in [5.74, 6) is -0.563. The predicted molar refractivity (Wildman–Crippen MR) is 53.8 cm³/mol. The summed E-state index contributed by atoms with van der Waals surface area (Å²) in [4.78, 5) is -0.441. The molecule has 0 bridgehead atoms. The van der Waals surface area contributed by atoms with Gasteiger partial charge in [-0.3, -0.25) is 0 Å². The molecule has 0 heterocycles. The Balaban J connectivity index is 3.59. The van der Waals surface area contributed by atoms with Crippen molar-refractivity contribution in [2.45, 2.75) is 11.4 Å². The quantitative estimate of drug-likeness (QED) is 0.746. The lowest BCUT2D eigenvalue weighted by atomic mass is 10.1. The van der Waals surface area contributed by atoms with Gasteiger partial charge in [0.05, 0.1) is 11.6 Å². The molecule has 0 saturated carbocycles. The molecule has 1 aromatic rings. The monoisotopic (exact) mass is 246 g/mol. The molecule has 0 unspecified atom stereocenters. The lowest BCUT2D eigenvalue weighted by Gasteiger charge is -2.07. The Kier molecular flexibility index (Phi) is 3.19. The van der Waals surface area contributed by atoms with Gasteiger partial charge in [0.1, 0.15) is 10.6 Å². The molecule has 0 aliphatic rings. The van der Waals surface area contributed by atoms with Gasteiger partial charge in [-0.2, -0.15) is 5.26 Å². The normalized spacial score (nSPS) is 11.0. The maximum Gasteiger partial charge on any atom is 0.264 e. The molecular weight excluding hydrogens is 240 g/mol. The molecule has 0 amide bonds.